The van der Waals surface area contributed by atoms with Crippen molar-refractivity contribution < 1.29 is 4.79 Å². The lowest BCUT2D eigenvalue weighted by molar-refractivity contribution is -0.115. The number of thioether (sulfide) groups is 1. The summed E-state index contributed by atoms with van der Waals surface area (Å²) in [5, 5.41) is 11.2. The molecule has 3 N–H and O–H groups in total. The molecule has 0 bridgehead atoms. The molecule has 1 aromatic carbocycles. The topological polar surface area (TPSA) is 85.8 Å². The molecule has 0 saturated carbocycles. The van der Waals surface area contributed by atoms with Crippen LogP contribution in [0.1, 0.15) is 37.7 Å². The van der Waals surface area contributed by atoms with Gasteiger partial charge in [0, 0.05) is 5.69 Å². The number of nitrogens with one attached hydrogen (secondary N) is 1. The predicted molar refractivity (Wildman–Crippen MR) is 94.1 cm³/mol. The van der Waals surface area contributed by atoms with E-state index in [0.717, 1.165) is 29.7 Å². The van der Waals surface area contributed by atoms with Crippen molar-refractivity contribution in [3.05, 3.63) is 35.2 Å². The zero-order valence-corrected chi connectivity index (χ0v) is 14.8. The fourth-order valence-electron chi connectivity index (χ4n) is 2.27. The third-order valence-electron chi connectivity index (χ3n) is 3.73. The molecule has 0 aliphatic carbocycles. The van der Waals surface area contributed by atoms with Crippen molar-refractivity contribution in [2.24, 2.45) is 0 Å². The number of carbonyl (C=O) groups excluding carboxylic acids is 1. The van der Waals surface area contributed by atoms with E-state index in [2.05, 4.69) is 29.4 Å². The van der Waals surface area contributed by atoms with Crippen molar-refractivity contribution in [2.45, 2.75) is 50.9 Å². The summed E-state index contributed by atoms with van der Waals surface area (Å²) < 4.78 is 1.39. The number of rotatable bonds is 6. The molecule has 1 atom stereocenters. The van der Waals surface area contributed by atoms with Crippen LogP contribution in [0.4, 0.5) is 5.69 Å². The van der Waals surface area contributed by atoms with E-state index in [1.807, 2.05) is 25.1 Å². The number of nitrogen functional groups attached to an aromatic ring is 1. The van der Waals surface area contributed by atoms with Crippen LogP contribution in [0.25, 0.3) is 0 Å². The van der Waals surface area contributed by atoms with E-state index in [0.29, 0.717) is 11.0 Å². The molecule has 1 amide bonds. The first-order chi connectivity index (χ1) is 11.0. The molecule has 2 rings (SSSR count). The lowest BCUT2D eigenvalue weighted by Crippen LogP contribution is -2.25. The zero-order valence-electron chi connectivity index (χ0n) is 14.0. The van der Waals surface area contributed by atoms with Crippen molar-refractivity contribution in [1.29, 1.82) is 0 Å². The van der Waals surface area contributed by atoms with Crippen LogP contribution in [-0.2, 0) is 17.6 Å². The summed E-state index contributed by atoms with van der Waals surface area (Å²) in [6, 6.07) is 6.13. The number of amides is 1. The monoisotopic (exact) mass is 333 g/mol. The maximum Gasteiger partial charge on any atom is 0.237 e. The number of aryl methyl sites for hydroxylation is 3. The van der Waals surface area contributed by atoms with Crippen molar-refractivity contribution in [1.82, 2.24) is 14.9 Å². The Morgan fingerprint density at radius 2 is 1.91 bits per heavy atom. The van der Waals surface area contributed by atoms with Crippen LogP contribution in [0.2, 0.25) is 0 Å². The smallest absolute Gasteiger partial charge is 0.237 e. The van der Waals surface area contributed by atoms with E-state index in [4.69, 9.17) is 5.84 Å². The van der Waals surface area contributed by atoms with Crippen LogP contribution in [0.5, 0.6) is 0 Å². The van der Waals surface area contributed by atoms with Gasteiger partial charge in [-0.25, -0.2) is 4.68 Å². The Labute approximate surface area is 140 Å². The average molecular weight is 333 g/mol. The second kappa shape index (κ2) is 7.50. The number of carbonyl (C=O) groups is 1. The predicted octanol–water partition coefficient (Wildman–Crippen LogP) is 2.54. The number of hydrogen-bond acceptors (Lipinski definition) is 5. The molecule has 6 nitrogen and oxygen atoms in total. The first-order valence-corrected chi connectivity index (χ1v) is 8.61. The lowest BCUT2D eigenvalue weighted by Gasteiger charge is -2.17. The molecule has 0 fully saturated rings. The Balaban J connectivity index is 2.14. The minimum absolute atomic E-state index is 0.0637. The van der Waals surface area contributed by atoms with Crippen molar-refractivity contribution >= 4 is 23.4 Å². The number of aromatic nitrogens is 3. The second-order valence-electron chi connectivity index (χ2n) is 5.31. The minimum Gasteiger partial charge on any atom is -0.336 e. The molecule has 23 heavy (non-hydrogen) atoms. The molecule has 0 radical (unpaired) electrons. The van der Waals surface area contributed by atoms with E-state index in [1.54, 1.807) is 6.92 Å². The van der Waals surface area contributed by atoms with Crippen LogP contribution in [0.15, 0.2) is 23.4 Å². The Morgan fingerprint density at radius 1 is 1.30 bits per heavy atom. The summed E-state index contributed by atoms with van der Waals surface area (Å²) in [7, 11) is 0. The van der Waals surface area contributed by atoms with Gasteiger partial charge >= 0.3 is 0 Å². The molecule has 124 valence electrons. The highest BCUT2D eigenvalue weighted by atomic mass is 32.2. The van der Waals surface area contributed by atoms with Gasteiger partial charge in [-0.15, -0.1) is 10.2 Å². The highest BCUT2D eigenvalue weighted by Crippen LogP contribution is 2.26. The fourth-order valence-corrected chi connectivity index (χ4v) is 3.09. The number of anilines is 1. The van der Waals surface area contributed by atoms with Crippen molar-refractivity contribution in [3.63, 3.8) is 0 Å². The molecule has 0 spiro atoms. The van der Waals surface area contributed by atoms with E-state index < -0.39 is 0 Å². The highest BCUT2D eigenvalue weighted by Gasteiger charge is 2.20. The molecule has 0 unspecified atom stereocenters. The van der Waals surface area contributed by atoms with E-state index in [9.17, 15) is 4.79 Å². The van der Waals surface area contributed by atoms with Crippen LogP contribution in [-0.4, -0.2) is 26.0 Å². The SMILES string of the molecule is CCc1cccc(CC)c1NC(=O)[C@@H](C)Sc1nnc(C)n1N. The van der Waals surface area contributed by atoms with Gasteiger partial charge in [0.2, 0.25) is 11.1 Å². The normalized spacial score (nSPS) is 12.2. The largest absolute Gasteiger partial charge is 0.336 e. The molecular formula is C16H23N5OS. The van der Waals surface area contributed by atoms with Gasteiger partial charge in [-0.2, -0.15) is 0 Å². The average Bonchev–Trinajstić information content (AvgIpc) is 2.86. The van der Waals surface area contributed by atoms with Gasteiger partial charge in [0.25, 0.3) is 0 Å². The van der Waals surface area contributed by atoms with Gasteiger partial charge in [-0.05, 0) is 37.8 Å². The van der Waals surface area contributed by atoms with Crippen molar-refractivity contribution in [3.8, 4) is 0 Å². The van der Waals surface area contributed by atoms with Gasteiger partial charge in [-0.1, -0.05) is 43.8 Å². The Hall–Kier alpha value is -2.02. The summed E-state index contributed by atoms with van der Waals surface area (Å²) in [5.74, 6) is 6.39. The second-order valence-corrected chi connectivity index (χ2v) is 6.62. The highest BCUT2D eigenvalue weighted by molar-refractivity contribution is 8.00. The van der Waals surface area contributed by atoms with Crippen LogP contribution in [0.3, 0.4) is 0 Å². The molecule has 2 aromatic rings. The first kappa shape index (κ1) is 17.3. The van der Waals surface area contributed by atoms with E-state index >= 15 is 0 Å². The molecule has 0 aliphatic heterocycles. The number of nitrogens with zero attached hydrogens (tertiary/aromatic N) is 3. The summed E-state index contributed by atoms with van der Waals surface area (Å²) in [4.78, 5) is 12.5. The van der Waals surface area contributed by atoms with Crippen molar-refractivity contribution in [2.75, 3.05) is 11.2 Å². The number of para-hydroxylation sites is 1. The Morgan fingerprint density at radius 3 is 2.39 bits per heavy atom. The third-order valence-corrected chi connectivity index (χ3v) is 4.79. The van der Waals surface area contributed by atoms with Crippen LogP contribution >= 0.6 is 11.8 Å². The van der Waals surface area contributed by atoms with Gasteiger partial charge in [-0.3, -0.25) is 4.79 Å². The van der Waals surface area contributed by atoms with E-state index in [1.165, 1.54) is 16.4 Å². The molecule has 1 aromatic heterocycles. The van der Waals surface area contributed by atoms with Gasteiger partial charge in [0.15, 0.2) is 0 Å². The molecule has 7 heteroatoms. The number of benzene rings is 1. The summed E-state index contributed by atoms with van der Waals surface area (Å²) >= 11 is 1.30. The molecule has 0 aliphatic rings. The number of nitrogens with two attached hydrogens (primary N) is 1. The van der Waals surface area contributed by atoms with Gasteiger partial charge in [0.1, 0.15) is 5.82 Å². The maximum absolute atomic E-state index is 12.5. The minimum atomic E-state index is -0.324. The summed E-state index contributed by atoms with van der Waals surface area (Å²) in [6.45, 7) is 7.78. The quantitative estimate of drug-likeness (QED) is 0.627. The molecule has 1 heterocycles. The van der Waals surface area contributed by atoms with Gasteiger partial charge in [0.05, 0.1) is 5.25 Å². The van der Waals surface area contributed by atoms with Crippen LogP contribution in [0, 0.1) is 6.92 Å². The number of hydrogen-bond donors (Lipinski definition) is 2. The summed E-state index contributed by atoms with van der Waals surface area (Å²) in [6.07, 6.45) is 1.75. The summed E-state index contributed by atoms with van der Waals surface area (Å²) in [5.41, 5.74) is 3.22. The van der Waals surface area contributed by atoms with Crippen LogP contribution < -0.4 is 11.2 Å². The molecular weight excluding hydrogens is 310 g/mol. The Bertz CT molecular complexity index is 676. The maximum atomic E-state index is 12.5. The lowest BCUT2D eigenvalue weighted by atomic mass is 10.0. The fraction of sp³-hybridized carbons (Fsp3) is 0.438. The molecule has 0 saturated heterocycles. The van der Waals surface area contributed by atoms with E-state index in [-0.39, 0.29) is 11.2 Å². The standard InChI is InChI=1S/C16H23N5OS/c1-5-12-8-7-9-13(6-2)14(12)18-15(22)10(3)23-16-20-19-11(4)21(16)17/h7-10H,5-6,17H2,1-4H3,(H,18,22)/t10-/m1/s1. The zero-order chi connectivity index (χ0) is 17.0. The first-order valence-electron chi connectivity index (χ1n) is 7.73. The van der Waals surface area contributed by atoms with Gasteiger partial charge < -0.3 is 11.2 Å². The third kappa shape index (κ3) is 3.85. The Kier molecular flexibility index (Phi) is 5.65.